The summed E-state index contributed by atoms with van der Waals surface area (Å²) in [5.74, 6) is 0.665. The molecule has 1 amide bonds. The third-order valence-corrected chi connectivity index (χ3v) is 3.60. The molecule has 0 spiro atoms. The van der Waals surface area contributed by atoms with Gasteiger partial charge in [-0.05, 0) is 51.2 Å². The van der Waals surface area contributed by atoms with Gasteiger partial charge < -0.3 is 9.88 Å². The summed E-state index contributed by atoms with van der Waals surface area (Å²) < 4.78 is 2.10. The van der Waals surface area contributed by atoms with Crippen molar-refractivity contribution < 1.29 is 4.79 Å². The molecular weight excluding hydrogens is 310 g/mol. The van der Waals surface area contributed by atoms with E-state index in [1.807, 2.05) is 19.9 Å². The molecule has 2 aromatic rings. The Balaban J connectivity index is 2.04. The van der Waals surface area contributed by atoms with Crippen LogP contribution < -0.4 is 16.2 Å². The Bertz CT molecular complexity index is 765. The van der Waals surface area contributed by atoms with Gasteiger partial charge in [0.15, 0.2) is 5.11 Å². The second kappa shape index (κ2) is 7.23. The van der Waals surface area contributed by atoms with Gasteiger partial charge in [0.1, 0.15) is 5.82 Å². The Labute approximate surface area is 140 Å². The lowest BCUT2D eigenvalue weighted by Gasteiger charge is -2.11. The normalized spacial score (nSPS) is 10.4. The number of aromatic nitrogens is 2. The lowest BCUT2D eigenvalue weighted by Crippen LogP contribution is -2.47. The number of nitrogens with one attached hydrogen (secondary N) is 3. The zero-order chi connectivity index (χ0) is 17.0. The van der Waals surface area contributed by atoms with E-state index in [2.05, 4.69) is 39.2 Å². The van der Waals surface area contributed by atoms with Crippen LogP contribution >= 0.6 is 12.2 Å². The topological polar surface area (TPSA) is 71.0 Å². The van der Waals surface area contributed by atoms with E-state index in [1.54, 1.807) is 12.1 Å². The van der Waals surface area contributed by atoms with Crippen molar-refractivity contribution in [2.45, 2.75) is 27.3 Å². The van der Waals surface area contributed by atoms with E-state index in [0.717, 1.165) is 29.0 Å². The van der Waals surface area contributed by atoms with Crippen molar-refractivity contribution in [1.82, 2.24) is 25.7 Å². The SMILES string of the molecule is C=C(C)CNC(=S)NNC(=O)c1ccc2c(c1)nc(C)n2CC. The first-order chi connectivity index (χ1) is 10.9. The van der Waals surface area contributed by atoms with E-state index in [4.69, 9.17) is 12.2 Å². The Hall–Kier alpha value is -2.41. The molecule has 0 atom stereocenters. The molecule has 0 unspecified atom stereocenters. The largest absolute Gasteiger partial charge is 0.358 e. The molecule has 3 N–H and O–H groups in total. The number of nitrogens with zero attached hydrogens (tertiary/aromatic N) is 2. The Morgan fingerprint density at radius 3 is 2.78 bits per heavy atom. The van der Waals surface area contributed by atoms with Crippen LogP contribution in [0.5, 0.6) is 0 Å². The van der Waals surface area contributed by atoms with Crippen molar-refractivity contribution in [3.8, 4) is 0 Å². The molecule has 0 aliphatic heterocycles. The second-order valence-corrected chi connectivity index (χ2v) is 5.73. The highest BCUT2D eigenvalue weighted by molar-refractivity contribution is 7.80. The molecule has 122 valence electrons. The molecule has 0 bridgehead atoms. The Morgan fingerprint density at radius 2 is 2.13 bits per heavy atom. The monoisotopic (exact) mass is 331 g/mol. The third-order valence-electron chi connectivity index (χ3n) is 3.36. The fourth-order valence-electron chi connectivity index (χ4n) is 2.25. The van der Waals surface area contributed by atoms with E-state index in [1.165, 1.54) is 0 Å². The first-order valence-electron chi connectivity index (χ1n) is 7.37. The van der Waals surface area contributed by atoms with Crippen LogP contribution in [-0.2, 0) is 6.54 Å². The predicted molar refractivity (Wildman–Crippen MR) is 96.2 cm³/mol. The average Bonchev–Trinajstić information content (AvgIpc) is 2.84. The molecule has 6 nitrogen and oxygen atoms in total. The van der Waals surface area contributed by atoms with Gasteiger partial charge in [0.25, 0.3) is 5.91 Å². The van der Waals surface area contributed by atoms with Crippen LogP contribution in [0.4, 0.5) is 0 Å². The number of hydrogen-bond donors (Lipinski definition) is 3. The first kappa shape index (κ1) is 17.0. The number of aryl methyl sites for hydroxylation is 2. The van der Waals surface area contributed by atoms with Gasteiger partial charge >= 0.3 is 0 Å². The maximum atomic E-state index is 12.2. The Kier molecular flexibility index (Phi) is 5.33. The van der Waals surface area contributed by atoms with Gasteiger partial charge in [0.2, 0.25) is 0 Å². The molecule has 0 radical (unpaired) electrons. The number of rotatable bonds is 4. The van der Waals surface area contributed by atoms with Gasteiger partial charge in [-0.25, -0.2) is 4.98 Å². The molecule has 2 rings (SSSR count). The van der Waals surface area contributed by atoms with Crippen LogP contribution in [-0.4, -0.2) is 27.1 Å². The van der Waals surface area contributed by atoms with Crippen molar-refractivity contribution >= 4 is 34.3 Å². The van der Waals surface area contributed by atoms with Crippen molar-refractivity contribution in [3.63, 3.8) is 0 Å². The van der Waals surface area contributed by atoms with Gasteiger partial charge in [0.05, 0.1) is 11.0 Å². The molecule has 7 heteroatoms. The third kappa shape index (κ3) is 4.07. The molecule has 0 saturated carbocycles. The quantitative estimate of drug-likeness (QED) is 0.454. The van der Waals surface area contributed by atoms with Crippen LogP contribution in [0.2, 0.25) is 0 Å². The molecule has 0 fully saturated rings. The maximum Gasteiger partial charge on any atom is 0.269 e. The van der Waals surface area contributed by atoms with E-state index in [9.17, 15) is 4.79 Å². The summed E-state index contributed by atoms with van der Waals surface area (Å²) in [5, 5.41) is 3.27. The summed E-state index contributed by atoms with van der Waals surface area (Å²) in [5.41, 5.74) is 8.53. The lowest BCUT2D eigenvalue weighted by molar-refractivity contribution is 0.0944. The molecule has 0 aliphatic carbocycles. The highest BCUT2D eigenvalue weighted by atomic mass is 32.1. The van der Waals surface area contributed by atoms with Crippen LogP contribution in [0, 0.1) is 6.92 Å². The van der Waals surface area contributed by atoms with Crippen molar-refractivity contribution in [2.24, 2.45) is 0 Å². The van der Waals surface area contributed by atoms with Gasteiger partial charge in [0, 0.05) is 18.7 Å². The van der Waals surface area contributed by atoms with Crippen LogP contribution in [0.1, 0.15) is 30.0 Å². The minimum Gasteiger partial charge on any atom is -0.358 e. The number of thiocarbonyl (C=S) groups is 1. The molecule has 23 heavy (non-hydrogen) atoms. The van der Waals surface area contributed by atoms with Crippen LogP contribution in [0.15, 0.2) is 30.4 Å². The minimum atomic E-state index is -0.268. The number of hydrogen-bond acceptors (Lipinski definition) is 3. The van der Waals surface area contributed by atoms with E-state index in [0.29, 0.717) is 17.2 Å². The van der Waals surface area contributed by atoms with E-state index in [-0.39, 0.29) is 5.91 Å². The zero-order valence-electron chi connectivity index (χ0n) is 13.6. The zero-order valence-corrected chi connectivity index (χ0v) is 14.4. The number of carbonyl (C=O) groups is 1. The Morgan fingerprint density at radius 1 is 1.39 bits per heavy atom. The summed E-state index contributed by atoms with van der Waals surface area (Å²) in [6, 6.07) is 5.46. The van der Waals surface area contributed by atoms with Gasteiger partial charge in [-0.3, -0.25) is 15.6 Å². The van der Waals surface area contributed by atoms with Crippen molar-refractivity contribution in [3.05, 3.63) is 41.7 Å². The van der Waals surface area contributed by atoms with Gasteiger partial charge in [-0.15, -0.1) is 0 Å². The van der Waals surface area contributed by atoms with E-state index >= 15 is 0 Å². The minimum absolute atomic E-state index is 0.268. The molecule has 0 aliphatic rings. The maximum absolute atomic E-state index is 12.2. The highest BCUT2D eigenvalue weighted by Gasteiger charge is 2.11. The van der Waals surface area contributed by atoms with Crippen LogP contribution in [0.25, 0.3) is 11.0 Å². The lowest BCUT2D eigenvalue weighted by atomic mass is 10.2. The van der Waals surface area contributed by atoms with Crippen molar-refractivity contribution in [2.75, 3.05) is 6.54 Å². The number of benzene rings is 1. The smallest absolute Gasteiger partial charge is 0.269 e. The summed E-state index contributed by atoms with van der Waals surface area (Å²) in [6.45, 7) is 11.1. The standard InChI is InChI=1S/C16H21N5OS/c1-5-21-11(4)18-13-8-12(6-7-14(13)21)15(22)19-20-16(23)17-9-10(2)3/h6-8H,2,5,9H2,1,3-4H3,(H,19,22)(H2,17,20,23). The second-order valence-electron chi connectivity index (χ2n) is 5.33. The number of amides is 1. The predicted octanol–water partition coefficient (Wildman–Crippen LogP) is 2.05. The highest BCUT2D eigenvalue weighted by Crippen LogP contribution is 2.17. The number of fused-ring (bicyclic) bond motifs is 1. The summed E-state index contributed by atoms with van der Waals surface area (Å²) >= 11 is 5.06. The number of carbonyl (C=O) groups excluding carboxylic acids is 1. The summed E-state index contributed by atoms with van der Waals surface area (Å²) in [6.07, 6.45) is 0. The van der Waals surface area contributed by atoms with Crippen LogP contribution in [0.3, 0.4) is 0 Å². The fraction of sp³-hybridized carbons (Fsp3) is 0.312. The summed E-state index contributed by atoms with van der Waals surface area (Å²) in [7, 11) is 0. The van der Waals surface area contributed by atoms with Gasteiger partial charge in [-0.2, -0.15) is 0 Å². The van der Waals surface area contributed by atoms with Gasteiger partial charge in [-0.1, -0.05) is 12.2 Å². The molecule has 1 heterocycles. The number of imidazole rings is 1. The molecule has 0 saturated heterocycles. The van der Waals surface area contributed by atoms with E-state index < -0.39 is 0 Å². The molecular formula is C16H21N5OS. The first-order valence-corrected chi connectivity index (χ1v) is 7.78. The van der Waals surface area contributed by atoms with Crippen molar-refractivity contribution in [1.29, 1.82) is 0 Å². The number of hydrazine groups is 1. The summed E-state index contributed by atoms with van der Waals surface area (Å²) in [4.78, 5) is 16.7. The fourth-order valence-corrected chi connectivity index (χ4v) is 2.37. The molecule has 1 aromatic heterocycles. The molecule has 1 aromatic carbocycles. The average molecular weight is 331 g/mol.